The minimum absolute atomic E-state index is 0.0764. The Morgan fingerprint density at radius 2 is 2.10 bits per heavy atom. The number of morpholine rings is 1. The van der Waals surface area contributed by atoms with E-state index in [0.29, 0.717) is 36.2 Å². The predicted octanol–water partition coefficient (Wildman–Crippen LogP) is 2.41. The molecule has 1 fully saturated rings. The number of aromatic amines is 1. The molecule has 2 aromatic heterocycles. The molecule has 0 aliphatic carbocycles. The van der Waals surface area contributed by atoms with Gasteiger partial charge in [-0.3, -0.25) is 9.89 Å². The second kappa shape index (κ2) is 8.87. The van der Waals surface area contributed by atoms with Crippen LogP contribution in [0.2, 0.25) is 0 Å². The van der Waals surface area contributed by atoms with E-state index >= 15 is 0 Å². The number of aromatic nitrogens is 4. The first-order valence-electron chi connectivity index (χ1n) is 9.59. The Balaban J connectivity index is 1.40. The van der Waals surface area contributed by atoms with E-state index in [-0.39, 0.29) is 12.3 Å². The van der Waals surface area contributed by atoms with Crippen LogP contribution >= 0.6 is 0 Å². The summed E-state index contributed by atoms with van der Waals surface area (Å²) in [6, 6.07) is 7.49. The van der Waals surface area contributed by atoms with E-state index in [1.54, 1.807) is 18.2 Å². The van der Waals surface area contributed by atoms with Crippen LogP contribution in [0.25, 0.3) is 0 Å². The molecule has 1 amide bonds. The first-order valence-corrected chi connectivity index (χ1v) is 9.59. The maximum absolute atomic E-state index is 13.2. The Morgan fingerprint density at radius 3 is 2.90 bits per heavy atom. The molecule has 1 aliphatic heterocycles. The molecule has 1 aliphatic rings. The molecular weight excluding hydrogens is 389 g/mol. The molecular formula is C20H22FN7O2. The molecule has 1 saturated heterocycles. The lowest BCUT2D eigenvalue weighted by Crippen LogP contribution is -2.37. The van der Waals surface area contributed by atoms with Crippen LogP contribution < -0.4 is 15.5 Å². The summed E-state index contributed by atoms with van der Waals surface area (Å²) < 4.78 is 18.6. The fourth-order valence-corrected chi connectivity index (χ4v) is 3.24. The van der Waals surface area contributed by atoms with Crippen LogP contribution in [0, 0.1) is 12.7 Å². The fourth-order valence-electron chi connectivity index (χ4n) is 3.24. The number of hydrogen-bond acceptors (Lipinski definition) is 7. The van der Waals surface area contributed by atoms with Gasteiger partial charge in [0.1, 0.15) is 23.8 Å². The molecule has 0 spiro atoms. The van der Waals surface area contributed by atoms with E-state index in [1.807, 2.05) is 6.92 Å². The average Bonchev–Trinajstić information content (AvgIpc) is 3.17. The minimum Gasteiger partial charge on any atom is -0.378 e. The highest BCUT2D eigenvalue weighted by Gasteiger charge is 2.17. The van der Waals surface area contributed by atoms with Crippen LogP contribution in [0.5, 0.6) is 0 Å². The number of H-pyrrole nitrogens is 1. The summed E-state index contributed by atoms with van der Waals surface area (Å²) in [6.07, 6.45) is 1.59. The Labute approximate surface area is 172 Å². The molecule has 3 aromatic rings. The zero-order chi connectivity index (χ0) is 20.9. The molecule has 1 aromatic carbocycles. The Hall–Kier alpha value is -3.53. The number of carbonyl (C=O) groups is 1. The number of rotatable bonds is 6. The van der Waals surface area contributed by atoms with E-state index in [4.69, 9.17) is 4.74 Å². The first kappa shape index (κ1) is 19.8. The minimum atomic E-state index is -0.405. The van der Waals surface area contributed by atoms with Gasteiger partial charge in [0.15, 0.2) is 5.82 Å². The smallest absolute Gasteiger partial charge is 0.230 e. The summed E-state index contributed by atoms with van der Waals surface area (Å²) in [5, 5.41) is 12.9. The molecule has 0 unspecified atom stereocenters. The summed E-state index contributed by atoms with van der Waals surface area (Å²) in [7, 11) is 0. The highest BCUT2D eigenvalue weighted by molar-refractivity contribution is 5.92. The van der Waals surface area contributed by atoms with Gasteiger partial charge < -0.3 is 20.3 Å². The van der Waals surface area contributed by atoms with Crippen molar-refractivity contribution in [3.8, 4) is 0 Å². The van der Waals surface area contributed by atoms with E-state index in [1.165, 1.54) is 18.5 Å². The van der Waals surface area contributed by atoms with Crippen molar-refractivity contribution in [1.29, 1.82) is 0 Å². The van der Waals surface area contributed by atoms with Gasteiger partial charge in [0.05, 0.1) is 19.6 Å². The number of hydrogen-bond donors (Lipinski definition) is 3. The third-order valence-corrected chi connectivity index (χ3v) is 4.70. The molecule has 9 nitrogen and oxygen atoms in total. The molecule has 0 bridgehead atoms. The van der Waals surface area contributed by atoms with Gasteiger partial charge in [-0.15, -0.1) is 0 Å². The van der Waals surface area contributed by atoms with Gasteiger partial charge in [-0.25, -0.2) is 14.4 Å². The molecule has 30 heavy (non-hydrogen) atoms. The molecule has 156 valence electrons. The number of anilines is 4. The monoisotopic (exact) mass is 411 g/mol. The molecule has 0 atom stereocenters. The van der Waals surface area contributed by atoms with Crippen molar-refractivity contribution in [1.82, 2.24) is 20.2 Å². The molecule has 4 rings (SSSR count). The van der Waals surface area contributed by atoms with Gasteiger partial charge in [0.2, 0.25) is 5.91 Å². The van der Waals surface area contributed by atoms with Gasteiger partial charge in [-0.1, -0.05) is 6.07 Å². The summed E-state index contributed by atoms with van der Waals surface area (Å²) in [4.78, 5) is 23.1. The number of ether oxygens (including phenoxy) is 1. The van der Waals surface area contributed by atoms with Crippen LogP contribution in [-0.4, -0.2) is 52.4 Å². The summed E-state index contributed by atoms with van der Waals surface area (Å²) in [6.45, 7) is 4.86. The maximum atomic E-state index is 13.2. The van der Waals surface area contributed by atoms with E-state index in [9.17, 15) is 9.18 Å². The first-order chi connectivity index (χ1) is 14.6. The van der Waals surface area contributed by atoms with Crippen molar-refractivity contribution in [3.05, 3.63) is 53.7 Å². The zero-order valence-electron chi connectivity index (χ0n) is 16.5. The SMILES string of the molecule is Cc1c(Nc2cc(CC(=O)Nc3cccc(F)c3)[nH]n2)ncnc1N1CCOCC1. The summed E-state index contributed by atoms with van der Waals surface area (Å²) in [5.74, 6) is 1.37. The topological polar surface area (TPSA) is 108 Å². The van der Waals surface area contributed by atoms with E-state index in [2.05, 4.69) is 35.7 Å². The fraction of sp³-hybridized carbons (Fsp3) is 0.300. The van der Waals surface area contributed by atoms with Gasteiger partial charge in [0.25, 0.3) is 0 Å². The third-order valence-electron chi connectivity index (χ3n) is 4.70. The lowest BCUT2D eigenvalue weighted by Gasteiger charge is -2.29. The average molecular weight is 411 g/mol. The van der Waals surface area contributed by atoms with E-state index < -0.39 is 5.82 Å². The Kier molecular flexibility index (Phi) is 5.84. The lowest BCUT2D eigenvalue weighted by atomic mass is 10.2. The number of benzene rings is 1. The Morgan fingerprint density at radius 1 is 1.27 bits per heavy atom. The summed E-state index contributed by atoms with van der Waals surface area (Å²) >= 11 is 0. The van der Waals surface area contributed by atoms with Gasteiger partial charge >= 0.3 is 0 Å². The zero-order valence-corrected chi connectivity index (χ0v) is 16.5. The molecule has 10 heteroatoms. The van der Waals surface area contributed by atoms with Crippen molar-refractivity contribution in [3.63, 3.8) is 0 Å². The van der Waals surface area contributed by atoms with Crippen LogP contribution in [0.4, 0.5) is 27.5 Å². The summed E-state index contributed by atoms with van der Waals surface area (Å²) in [5.41, 5.74) is 1.93. The largest absolute Gasteiger partial charge is 0.378 e. The molecule has 3 N–H and O–H groups in total. The Bertz CT molecular complexity index is 1030. The van der Waals surface area contributed by atoms with Crippen molar-refractivity contribution in [2.45, 2.75) is 13.3 Å². The van der Waals surface area contributed by atoms with E-state index in [0.717, 1.165) is 24.5 Å². The van der Waals surface area contributed by atoms with Crippen molar-refractivity contribution < 1.29 is 13.9 Å². The van der Waals surface area contributed by atoms with Crippen LogP contribution in [0.15, 0.2) is 36.7 Å². The van der Waals surface area contributed by atoms with Crippen molar-refractivity contribution in [2.75, 3.05) is 41.8 Å². The lowest BCUT2D eigenvalue weighted by molar-refractivity contribution is -0.115. The standard InChI is InChI=1S/C20H22FN7O2/c1-13-19(22-12-23-20(13)28-5-7-30-8-6-28)25-17-10-16(26-27-17)11-18(29)24-15-4-2-3-14(21)9-15/h2-4,9-10,12H,5-8,11H2,1H3,(H,24,29)(H2,22,23,25,26,27). The van der Waals surface area contributed by atoms with Crippen LogP contribution in [0.3, 0.4) is 0 Å². The quantitative estimate of drug-likeness (QED) is 0.572. The number of carbonyl (C=O) groups excluding carboxylic acids is 1. The van der Waals surface area contributed by atoms with Gasteiger partial charge in [-0.2, -0.15) is 5.10 Å². The van der Waals surface area contributed by atoms with Crippen LogP contribution in [0.1, 0.15) is 11.3 Å². The predicted molar refractivity (Wildman–Crippen MR) is 110 cm³/mol. The number of amides is 1. The second-order valence-corrected chi connectivity index (χ2v) is 6.91. The highest BCUT2D eigenvalue weighted by atomic mass is 19.1. The highest BCUT2D eigenvalue weighted by Crippen LogP contribution is 2.25. The third kappa shape index (κ3) is 4.71. The molecule has 0 radical (unpaired) electrons. The maximum Gasteiger partial charge on any atom is 0.230 e. The van der Waals surface area contributed by atoms with Crippen LogP contribution in [-0.2, 0) is 16.0 Å². The number of nitrogens with zero attached hydrogens (tertiary/aromatic N) is 4. The van der Waals surface area contributed by atoms with Gasteiger partial charge in [-0.05, 0) is 25.1 Å². The molecule has 0 saturated carbocycles. The van der Waals surface area contributed by atoms with Crippen molar-refractivity contribution in [2.24, 2.45) is 0 Å². The second-order valence-electron chi connectivity index (χ2n) is 6.91. The van der Waals surface area contributed by atoms with Crippen molar-refractivity contribution >= 4 is 29.0 Å². The normalized spacial score (nSPS) is 13.9. The number of nitrogens with one attached hydrogen (secondary N) is 3. The molecule has 3 heterocycles. The van der Waals surface area contributed by atoms with Gasteiger partial charge in [0, 0.05) is 36.1 Å². The number of halogens is 1.